The monoisotopic (exact) mass is 302 g/mol. The van der Waals surface area contributed by atoms with Crippen molar-refractivity contribution in [3.63, 3.8) is 0 Å². The Morgan fingerprint density at radius 3 is 2.57 bits per heavy atom. The predicted molar refractivity (Wildman–Crippen MR) is 92.2 cm³/mol. The van der Waals surface area contributed by atoms with Gasteiger partial charge in [-0.1, -0.05) is 47.5 Å². The topological polar surface area (TPSA) is 15.3 Å². The molecule has 2 aromatic rings. The molecule has 1 atom stereocenters. The number of benzene rings is 2. The molecule has 0 heterocycles. The van der Waals surface area contributed by atoms with E-state index in [2.05, 4.69) is 55.4 Å². The Morgan fingerprint density at radius 1 is 1.19 bits per heavy atom. The van der Waals surface area contributed by atoms with Crippen LogP contribution in [0.2, 0.25) is 5.02 Å². The van der Waals surface area contributed by atoms with Crippen molar-refractivity contribution in [2.24, 2.45) is 0 Å². The minimum Gasteiger partial charge on any atom is -0.368 e. The molecule has 1 unspecified atom stereocenters. The summed E-state index contributed by atoms with van der Waals surface area (Å²) in [6.45, 7) is 5.17. The highest BCUT2D eigenvalue weighted by Gasteiger charge is 2.17. The first kappa shape index (κ1) is 15.9. The number of hydrogen-bond donors (Lipinski definition) is 1. The van der Waals surface area contributed by atoms with E-state index < -0.39 is 0 Å². The van der Waals surface area contributed by atoms with Crippen LogP contribution >= 0.6 is 11.6 Å². The second-order valence-corrected chi connectivity index (χ2v) is 5.88. The van der Waals surface area contributed by atoms with Crippen molar-refractivity contribution in [2.45, 2.75) is 26.4 Å². The maximum atomic E-state index is 6.34. The van der Waals surface area contributed by atoms with Gasteiger partial charge in [-0.05, 0) is 44.2 Å². The quantitative estimate of drug-likeness (QED) is 0.870. The Hall–Kier alpha value is -1.51. The largest absolute Gasteiger partial charge is 0.368 e. The van der Waals surface area contributed by atoms with Crippen LogP contribution in [-0.4, -0.2) is 14.1 Å². The average molecular weight is 303 g/mol. The van der Waals surface area contributed by atoms with Gasteiger partial charge in [-0.2, -0.15) is 0 Å². The summed E-state index contributed by atoms with van der Waals surface area (Å²) in [5.41, 5.74) is 4.97. The Balaban J connectivity index is 2.35. The summed E-state index contributed by atoms with van der Waals surface area (Å²) in [5, 5.41) is 4.06. The van der Waals surface area contributed by atoms with E-state index in [1.54, 1.807) is 0 Å². The van der Waals surface area contributed by atoms with Gasteiger partial charge in [-0.25, -0.2) is 0 Å². The third kappa shape index (κ3) is 3.58. The van der Waals surface area contributed by atoms with Crippen molar-refractivity contribution in [3.05, 3.63) is 64.2 Å². The number of rotatable bonds is 5. The number of aryl methyl sites for hydroxylation is 1. The Labute approximate surface area is 132 Å². The lowest BCUT2D eigenvalue weighted by molar-refractivity contribution is 0.726. The Kier molecular flexibility index (Phi) is 5.27. The first-order valence-corrected chi connectivity index (χ1v) is 7.63. The van der Waals surface area contributed by atoms with Gasteiger partial charge in [0.15, 0.2) is 0 Å². The number of nitrogens with zero attached hydrogens (tertiary/aromatic N) is 1. The molecule has 1 N–H and O–H groups in total. The summed E-state index contributed by atoms with van der Waals surface area (Å²) >= 11 is 6.34. The highest BCUT2D eigenvalue weighted by Crippen LogP contribution is 2.32. The standard InChI is InChI=1S/C18H23ClN2/c1-13-9-10-18(15(11-13)12-20-3)21(4)14(2)16-7-5-6-8-17(16)19/h5-11,14,20H,12H2,1-4H3. The summed E-state index contributed by atoms with van der Waals surface area (Å²) in [5.74, 6) is 0. The molecule has 21 heavy (non-hydrogen) atoms. The number of nitrogens with one attached hydrogen (secondary N) is 1. The molecule has 0 aliphatic heterocycles. The number of anilines is 1. The van der Waals surface area contributed by atoms with E-state index >= 15 is 0 Å². The van der Waals surface area contributed by atoms with Crippen molar-refractivity contribution in [2.75, 3.05) is 19.0 Å². The van der Waals surface area contributed by atoms with Crippen LogP contribution in [0.4, 0.5) is 5.69 Å². The Bertz CT molecular complexity index is 610. The maximum Gasteiger partial charge on any atom is 0.0525 e. The Morgan fingerprint density at radius 2 is 1.90 bits per heavy atom. The molecule has 0 fully saturated rings. The van der Waals surface area contributed by atoms with Crippen LogP contribution in [0, 0.1) is 6.92 Å². The lowest BCUT2D eigenvalue weighted by atomic mass is 10.0. The molecule has 0 saturated heterocycles. The van der Waals surface area contributed by atoms with Crippen LogP contribution in [0.5, 0.6) is 0 Å². The fraction of sp³-hybridized carbons (Fsp3) is 0.333. The van der Waals surface area contributed by atoms with Crippen LogP contribution in [0.3, 0.4) is 0 Å². The molecule has 3 heteroatoms. The summed E-state index contributed by atoms with van der Waals surface area (Å²) in [6, 6.07) is 14.9. The van der Waals surface area contributed by atoms with Crippen molar-refractivity contribution in [1.29, 1.82) is 0 Å². The van der Waals surface area contributed by atoms with Gasteiger partial charge in [0.05, 0.1) is 6.04 Å². The van der Waals surface area contributed by atoms with Crippen molar-refractivity contribution in [3.8, 4) is 0 Å². The van der Waals surface area contributed by atoms with Gasteiger partial charge in [0, 0.05) is 24.3 Å². The number of halogens is 1. The molecule has 0 radical (unpaired) electrons. The first-order valence-electron chi connectivity index (χ1n) is 7.26. The first-order chi connectivity index (χ1) is 10.0. The summed E-state index contributed by atoms with van der Waals surface area (Å²) in [6.07, 6.45) is 0. The van der Waals surface area contributed by atoms with Gasteiger partial charge >= 0.3 is 0 Å². The van der Waals surface area contributed by atoms with Crippen molar-refractivity contribution >= 4 is 17.3 Å². The van der Waals surface area contributed by atoms with Crippen LogP contribution < -0.4 is 10.2 Å². The highest BCUT2D eigenvalue weighted by molar-refractivity contribution is 6.31. The van der Waals surface area contributed by atoms with Crippen LogP contribution in [0.1, 0.15) is 29.7 Å². The van der Waals surface area contributed by atoms with Crippen molar-refractivity contribution in [1.82, 2.24) is 5.32 Å². The molecule has 0 aliphatic carbocycles. The third-order valence-corrected chi connectivity index (χ3v) is 4.26. The third-order valence-electron chi connectivity index (χ3n) is 3.92. The molecule has 0 aliphatic rings. The molecule has 0 saturated carbocycles. The summed E-state index contributed by atoms with van der Waals surface area (Å²) in [7, 11) is 4.10. The van der Waals surface area contributed by atoms with Crippen LogP contribution in [-0.2, 0) is 6.54 Å². The van der Waals surface area contributed by atoms with E-state index in [1.807, 2.05) is 25.2 Å². The van der Waals surface area contributed by atoms with E-state index in [0.29, 0.717) is 0 Å². The minimum absolute atomic E-state index is 0.219. The molecule has 2 rings (SSSR count). The summed E-state index contributed by atoms with van der Waals surface area (Å²) < 4.78 is 0. The second kappa shape index (κ2) is 6.97. The van der Waals surface area contributed by atoms with Gasteiger partial charge in [-0.15, -0.1) is 0 Å². The minimum atomic E-state index is 0.219. The molecule has 2 aromatic carbocycles. The molecular formula is C18H23ClN2. The van der Waals surface area contributed by atoms with Gasteiger partial charge in [0.25, 0.3) is 0 Å². The van der Waals surface area contributed by atoms with E-state index in [9.17, 15) is 0 Å². The highest BCUT2D eigenvalue weighted by atomic mass is 35.5. The lowest BCUT2D eigenvalue weighted by Crippen LogP contribution is -2.24. The molecule has 112 valence electrons. The van der Waals surface area contributed by atoms with E-state index in [-0.39, 0.29) is 6.04 Å². The fourth-order valence-corrected chi connectivity index (χ4v) is 2.92. The SMILES string of the molecule is CNCc1cc(C)ccc1N(C)C(C)c1ccccc1Cl. The summed E-state index contributed by atoms with van der Waals surface area (Å²) in [4.78, 5) is 2.29. The molecule has 0 amide bonds. The van der Waals surface area contributed by atoms with Crippen LogP contribution in [0.25, 0.3) is 0 Å². The van der Waals surface area contributed by atoms with Crippen LogP contribution in [0.15, 0.2) is 42.5 Å². The fourth-order valence-electron chi connectivity index (χ4n) is 2.62. The molecule has 2 nitrogen and oxygen atoms in total. The lowest BCUT2D eigenvalue weighted by Gasteiger charge is -2.30. The smallest absolute Gasteiger partial charge is 0.0525 e. The normalized spacial score (nSPS) is 12.2. The zero-order valence-corrected chi connectivity index (χ0v) is 13.9. The van der Waals surface area contributed by atoms with Gasteiger partial charge in [-0.3, -0.25) is 0 Å². The molecule has 0 aromatic heterocycles. The molecule has 0 spiro atoms. The van der Waals surface area contributed by atoms with Crippen molar-refractivity contribution < 1.29 is 0 Å². The predicted octanol–water partition coefficient (Wildman–Crippen LogP) is 4.57. The second-order valence-electron chi connectivity index (χ2n) is 5.47. The maximum absolute atomic E-state index is 6.34. The van der Waals surface area contributed by atoms with E-state index in [0.717, 1.165) is 17.1 Å². The average Bonchev–Trinajstić information content (AvgIpc) is 2.47. The number of hydrogen-bond acceptors (Lipinski definition) is 2. The zero-order valence-electron chi connectivity index (χ0n) is 13.2. The molecule has 0 bridgehead atoms. The van der Waals surface area contributed by atoms with E-state index in [4.69, 9.17) is 11.6 Å². The van der Waals surface area contributed by atoms with E-state index in [1.165, 1.54) is 16.8 Å². The van der Waals surface area contributed by atoms with Gasteiger partial charge < -0.3 is 10.2 Å². The van der Waals surface area contributed by atoms with Gasteiger partial charge in [0.2, 0.25) is 0 Å². The molecular weight excluding hydrogens is 280 g/mol. The van der Waals surface area contributed by atoms with Gasteiger partial charge in [0.1, 0.15) is 0 Å². The zero-order chi connectivity index (χ0) is 15.4.